The Bertz CT molecular complexity index is 1020. The number of carboxylic acid groups (broad SMARTS) is 1. The van der Waals surface area contributed by atoms with Crippen LogP contribution in [0.5, 0.6) is 11.5 Å². The first-order valence-corrected chi connectivity index (χ1v) is 9.34. The number of carbonyl (C=O) groups is 2. The molecule has 1 aromatic heterocycles. The first-order chi connectivity index (χ1) is 14.1. The normalized spacial score (nSPS) is 19.6. The van der Waals surface area contributed by atoms with Gasteiger partial charge in [0.1, 0.15) is 5.76 Å². The van der Waals surface area contributed by atoms with Gasteiger partial charge in [-0.2, -0.15) is 0 Å². The Morgan fingerprint density at radius 2 is 1.76 bits per heavy atom. The van der Waals surface area contributed by atoms with Crippen LogP contribution in [0.4, 0.5) is 4.79 Å². The minimum Gasteiger partial charge on any atom is -0.478 e. The predicted molar refractivity (Wildman–Crippen MR) is 101 cm³/mol. The molecule has 1 saturated heterocycles. The van der Waals surface area contributed by atoms with E-state index in [1.807, 2.05) is 6.07 Å². The van der Waals surface area contributed by atoms with Gasteiger partial charge in [0, 0.05) is 43.9 Å². The minimum atomic E-state index is -1.06. The molecule has 3 aliphatic heterocycles. The standard InChI is InChI=1S/C21H18N2O6/c24-19-17(13-3-7-22-8-4-13)18(14-1-2-15-16(11-14)28-12-27-15)29-21(19)5-9-23(10-6-21)20(25)26/h1-4,7-8,11H,5-6,9-10,12H2,(H,25,26). The number of fused-ring (bicyclic) bond motifs is 1. The molecule has 1 aromatic carbocycles. The van der Waals surface area contributed by atoms with Crippen LogP contribution in [-0.4, -0.2) is 52.4 Å². The van der Waals surface area contributed by atoms with Gasteiger partial charge in [-0.15, -0.1) is 0 Å². The summed E-state index contributed by atoms with van der Waals surface area (Å²) in [6.07, 6.45) is 2.89. The molecule has 29 heavy (non-hydrogen) atoms. The highest BCUT2D eigenvalue weighted by molar-refractivity contribution is 6.33. The second kappa shape index (κ2) is 6.51. The quantitative estimate of drug-likeness (QED) is 0.836. The summed E-state index contributed by atoms with van der Waals surface area (Å²) in [6, 6.07) is 8.98. The molecule has 1 N–H and O–H groups in total. The number of aromatic nitrogens is 1. The van der Waals surface area contributed by atoms with E-state index in [9.17, 15) is 14.7 Å². The molecule has 8 nitrogen and oxygen atoms in total. The summed E-state index contributed by atoms with van der Waals surface area (Å²) in [5.74, 6) is 1.60. The number of carbonyl (C=O) groups excluding carboxylic acids is 1. The van der Waals surface area contributed by atoms with Crippen molar-refractivity contribution in [1.29, 1.82) is 0 Å². The fourth-order valence-corrected chi connectivity index (χ4v) is 4.03. The molecule has 148 valence electrons. The molecule has 2 aromatic rings. The summed E-state index contributed by atoms with van der Waals surface area (Å²) < 4.78 is 17.2. The third kappa shape index (κ3) is 2.79. The lowest BCUT2D eigenvalue weighted by atomic mass is 9.83. The zero-order valence-corrected chi connectivity index (χ0v) is 15.5. The van der Waals surface area contributed by atoms with E-state index >= 15 is 0 Å². The average Bonchev–Trinajstić information content (AvgIpc) is 3.32. The Morgan fingerprint density at radius 3 is 2.48 bits per heavy atom. The number of nitrogens with zero attached hydrogens (tertiary/aromatic N) is 2. The van der Waals surface area contributed by atoms with Crippen LogP contribution in [0, 0.1) is 0 Å². The van der Waals surface area contributed by atoms with E-state index in [0.29, 0.717) is 41.2 Å². The predicted octanol–water partition coefficient (Wildman–Crippen LogP) is 2.79. The number of rotatable bonds is 2. The van der Waals surface area contributed by atoms with Gasteiger partial charge in [0.2, 0.25) is 12.6 Å². The molecule has 0 unspecified atom stereocenters. The van der Waals surface area contributed by atoms with Gasteiger partial charge in [-0.1, -0.05) is 0 Å². The number of benzene rings is 1. The van der Waals surface area contributed by atoms with E-state index < -0.39 is 11.7 Å². The molecule has 0 bridgehead atoms. The van der Waals surface area contributed by atoms with Gasteiger partial charge in [-0.3, -0.25) is 9.78 Å². The number of hydrogen-bond donors (Lipinski definition) is 1. The molecule has 3 aliphatic rings. The van der Waals surface area contributed by atoms with Gasteiger partial charge < -0.3 is 24.2 Å². The van der Waals surface area contributed by atoms with Crippen molar-refractivity contribution in [2.24, 2.45) is 0 Å². The van der Waals surface area contributed by atoms with Crippen LogP contribution in [0.15, 0.2) is 42.7 Å². The summed E-state index contributed by atoms with van der Waals surface area (Å²) >= 11 is 0. The van der Waals surface area contributed by atoms with Crippen molar-refractivity contribution in [1.82, 2.24) is 9.88 Å². The summed E-state index contributed by atoms with van der Waals surface area (Å²) in [7, 11) is 0. The molecule has 0 saturated carbocycles. The highest BCUT2D eigenvalue weighted by Crippen LogP contribution is 2.47. The number of pyridine rings is 1. The molecule has 0 radical (unpaired) electrons. The van der Waals surface area contributed by atoms with Crippen molar-refractivity contribution in [2.75, 3.05) is 19.9 Å². The first-order valence-electron chi connectivity index (χ1n) is 9.34. The Hall–Kier alpha value is -3.55. The monoisotopic (exact) mass is 394 g/mol. The number of piperidine rings is 1. The third-order valence-corrected chi connectivity index (χ3v) is 5.61. The largest absolute Gasteiger partial charge is 0.478 e. The fraction of sp³-hybridized carbons (Fsp3) is 0.286. The highest BCUT2D eigenvalue weighted by Gasteiger charge is 2.52. The van der Waals surface area contributed by atoms with Crippen molar-refractivity contribution in [3.63, 3.8) is 0 Å². The molecule has 0 atom stereocenters. The summed E-state index contributed by atoms with van der Waals surface area (Å²) in [5.41, 5.74) is 0.855. The van der Waals surface area contributed by atoms with Gasteiger partial charge in [0.05, 0.1) is 5.57 Å². The van der Waals surface area contributed by atoms with Crippen LogP contribution in [0.3, 0.4) is 0 Å². The second-order valence-corrected chi connectivity index (χ2v) is 7.20. The summed E-state index contributed by atoms with van der Waals surface area (Å²) in [4.78, 5) is 30.2. The van der Waals surface area contributed by atoms with E-state index in [1.54, 1.807) is 36.7 Å². The maximum Gasteiger partial charge on any atom is 0.407 e. The van der Waals surface area contributed by atoms with Crippen molar-refractivity contribution in [3.8, 4) is 11.5 Å². The van der Waals surface area contributed by atoms with E-state index in [0.717, 1.165) is 5.56 Å². The Morgan fingerprint density at radius 1 is 1.03 bits per heavy atom. The van der Waals surface area contributed by atoms with Crippen LogP contribution in [0.25, 0.3) is 11.3 Å². The number of amides is 1. The van der Waals surface area contributed by atoms with Crippen molar-refractivity contribution >= 4 is 23.2 Å². The van der Waals surface area contributed by atoms with Crippen molar-refractivity contribution in [3.05, 3.63) is 53.9 Å². The Balaban J connectivity index is 1.57. The van der Waals surface area contributed by atoms with Crippen LogP contribution >= 0.6 is 0 Å². The van der Waals surface area contributed by atoms with Gasteiger partial charge in [0.25, 0.3) is 0 Å². The maximum atomic E-state index is 13.6. The molecule has 4 heterocycles. The topological polar surface area (TPSA) is 98.2 Å². The van der Waals surface area contributed by atoms with Crippen LogP contribution < -0.4 is 9.47 Å². The molecular formula is C21H18N2O6. The first kappa shape index (κ1) is 17.5. The molecule has 8 heteroatoms. The van der Waals surface area contributed by atoms with Crippen molar-refractivity contribution < 1.29 is 28.9 Å². The lowest BCUT2D eigenvalue weighted by Gasteiger charge is -2.36. The third-order valence-electron chi connectivity index (χ3n) is 5.61. The van der Waals surface area contributed by atoms with E-state index in [4.69, 9.17) is 14.2 Å². The Kier molecular flexibility index (Phi) is 3.94. The van der Waals surface area contributed by atoms with Crippen LogP contribution in [-0.2, 0) is 9.53 Å². The lowest BCUT2D eigenvalue weighted by molar-refractivity contribution is -0.131. The zero-order valence-electron chi connectivity index (χ0n) is 15.5. The number of Topliss-reactive ketones (excluding diaryl/α,β-unsaturated/α-hetero) is 1. The summed E-state index contributed by atoms with van der Waals surface area (Å²) in [5, 5.41) is 9.24. The highest BCUT2D eigenvalue weighted by atomic mass is 16.7. The van der Waals surface area contributed by atoms with E-state index in [1.165, 1.54) is 4.90 Å². The number of hydrogen-bond acceptors (Lipinski definition) is 6. The average molecular weight is 394 g/mol. The molecule has 1 amide bonds. The number of likely N-dealkylation sites (tertiary alicyclic amines) is 1. The van der Waals surface area contributed by atoms with Gasteiger partial charge in [0.15, 0.2) is 17.1 Å². The minimum absolute atomic E-state index is 0.124. The van der Waals surface area contributed by atoms with E-state index in [-0.39, 0.29) is 25.7 Å². The molecular weight excluding hydrogens is 376 g/mol. The Labute approximate surface area is 166 Å². The van der Waals surface area contributed by atoms with E-state index in [2.05, 4.69) is 4.98 Å². The molecule has 0 aliphatic carbocycles. The molecule has 1 spiro atoms. The molecule has 1 fully saturated rings. The molecule has 5 rings (SSSR count). The van der Waals surface area contributed by atoms with Gasteiger partial charge in [-0.25, -0.2) is 4.79 Å². The van der Waals surface area contributed by atoms with Gasteiger partial charge >= 0.3 is 6.09 Å². The number of ether oxygens (including phenoxy) is 3. The fourth-order valence-electron chi connectivity index (χ4n) is 4.03. The smallest absolute Gasteiger partial charge is 0.407 e. The maximum absolute atomic E-state index is 13.6. The number of ketones is 1. The second-order valence-electron chi connectivity index (χ2n) is 7.20. The SMILES string of the molecule is O=C(O)N1CCC2(CC1)OC(c1ccc3c(c1)OCO3)=C(c1ccncc1)C2=O. The van der Waals surface area contributed by atoms with Crippen LogP contribution in [0.2, 0.25) is 0 Å². The lowest BCUT2D eigenvalue weighted by Crippen LogP contribution is -2.50. The summed E-state index contributed by atoms with van der Waals surface area (Å²) in [6.45, 7) is 0.655. The van der Waals surface area contributed by atoms with Crippen LogP contribution in [0.1, 0.15) is 24.0 Å². The van der Waals surface area contributed by atoms with Gasteiger partial charge in [-0.05, 0) is 35.9 Å². The zero-order chi connectivity index (χ0) is 20.0. The van der Waals surface area contributed by atoms with Crippen molar-refractivity contribution in [2.45, 2.75) is 18.4 Å².